The zero-order chi connectivity index (χ0) is 24.1. The van der Waals surface area contributed by atoms with Crippen LogP contribution in [0.3, 0.4) is 0 Å². The molecule has 1 aromatic heterocycles. The minimum atomic E-state index is 0.0644. The predicted molar refractivity (Wildman–Crippen MR) is 136 cm³/mol. The second-order valence-corrected chi connectivity index (χ2v) is 11.6. The standard InChI is InChI=1S/C28H41N3O3/c1-19-23(25(32)29-26-27(2,3)20-10-11-28(26,4)18-20)21-8-6-9-22(33-5)24(21)31(19)13-7-12-30-14-16-34-17-15-30/h6,8-9,20,26H,7,10-18H2,1-5H3,(H,29,32)/t20-,26?,28?/m0/s1. The van der Waals surface area contributed by atoms with Crippen LogP contribution < -0.4 is 10.1 Å². The minimum Gasteiger partial charge on any atom is -0.495 e. The fourth-order valence-corrected chi connectivity index (χ4v) is 7.37. The third-order valence-corrected chi connectivity index (χ3v) is 9.26. The van der Waals surface area contributed by atoms with E-state index in [4.69, 9.17) is 9.47 Å². The number of rotatable bonds is 7. The number of hydrogen-bond donors (Lipinski definition) is 1. The van der Waals surface area contributed by atoms with Gasteiger partial charge in [-0.3, -0.25) is 9.69 Å². The maximum absolute atomic E-state index is 13.9. The summed E-state index contributed by atoms with van der Waals surface area (Å²) in [7, 11) is 1.72. The molecule has 2 bridgehead atoms. The van der Waals surface area contributed by atoms with Crippen LogP contribution in [0.1, 0.15) is 62.5 Å². The van der Waals surface area contributed by atoms with E-state index in [2.05, 4.69) is 48.5 Å². The van der Waals surface area contributed by atoms with Crippen LogP contribution >= 0.6 is 0 Å². The lowest BCUT2D eigenvalue weighted by atomic mass is 9.68. The van der Waals surface area contributed by atoms with Gasteiger partial charge in [0, 0.05) is 43.3 Å². The Hall–Kier alpha value is -2.05. The summed E-state index contributed by atoms with van der Waals surface area (Å²) < 4.78 is 13.5. The summed E-state index contributed by atoms with van der Waals surface area (Å²) in [4.78, 5) is 16.4. The molecule has 2 saturated carbocycles. The van der Waals surface area contributed by atoms with Gasteiger partial charge in [0.25, 0.3) is 5.91 Å². The van der Waals surface area contributed by atoms with Crippen molar-refractivity contribution >= 4 is 16.8 Å². The first-order valence-electron chi connectivity index (χ1n) is 13.0. The molecule has 2 aliphatic carbocycles. The Kier molecular flexibility index (Phi) is 6.18. The maximum atomic E-state index is 13.9. The summed E-state index contributed by atoms with van der Waals surface area (Å²) in [5, 5.41) is 4.53. The third-order valence-electron chi connectivity index (χ3n) is 9.26. The second kappa shape index (κ2) is 8.87. The molecule has 3 aliphatic rings. The minimum absolute atomic E-state index is 0.0644. The van der Waals surface area contributed by atoms with Crippen molar-refractivity contribution in [2.75, 3.05) is 40.0 Å². The fraction of sp³-hybridized carbons (Fsp3) is 0.679. The largest absolute Gasteiger partial charge is 0.495 e. The van der Waals surface area contributed by atoms with Crippen molar-refractivity contribution in [3.05, 3.63) is 29.5 Å². The number of carbonyl (C=O) groups excluding carboxylic acids is 1. The molecule has 6 nitrogen and oxygen atoms in total. The molecule has 1 saturated heterocycles. The van der Waals surface area contributed by atoms with E-state index in [0.29, 0.717) is 5.92 Å². The van der Waals surface area contributed by atoms with E-state index in [9.17, 15) is 4.79 Å². The summed E-state index contributed by atoms with van der Waals surface area (Å²) in [5.74, 6) is 1.60. The zero-order valence-corrected chi connectivity index (χ0v) is 21.6. The van der Waals surface area contributed by atoms with Gasteiger partial charge in [0.1, 0.15) is 5.75 Å². The molecule has 3 fully saturated rings. The molecule has 1 amide bonds. The van der Waals surface area contributed by atoms with Crippen molar-refractivity contribution in [2.24, 2.45) is 16.7 Å². The van der Waals surface area contributed by atoms with Crippen molar-refractivity contribution in [3.63, 3.8) is 0 Å². The van der Waals surface area contributed by atoms with Crippen LogP contribution in [-0.4, -0.2) is 61.4 Å². The summed E-state index contributed by atoms with van der Waals surface area (Å²) in [6.07, 6.45) is 4.75. The molecule has 1 aromatic carbocycles. The Bertz CT molecular complexity index is 1060. The van der Waals surface area contributed by atoms with Gasteiger partial charge in [-0.1, -0.05) is 32.9 Å². The van der Waals surface area contributed by atoms with E-state index in [-0.39, 0.29) is 22.8 Å². The molecular formula is C28H41N3O3. The number of fused-ring (bicyclic) bond motifs is 3. The van der Waals surface area contributed by atoms with Crippen molar-refractivity contribution in [1.29, 1.82) is 0 Å². The molecule has 3 atom stereocenters. The first-order chi connectivity index (χ1) is 16.3. The molecule has 186 valence electrons. The molecule has 0 spiro atoms. The molecule has 5 rings (SSSR count). The number of aromatic nitrogens is 1. The number of aryl methyl sites for hydroxylation is 1. The topological polar surface area (TPSA) is 55.7 Å². The van der Waals surface area contributed by atoms with Gasteiger partial charge in [-0.05, 0) is 55.4 Å². The highest BCUT2D eigenvalue weighted by molar-refractivity contribution is 6.09. The van der Waals surface area contributed by atoms with Crippen molar-refractivity contribution in [2.45, 2.75) is 66.0 Å². The number of morpholine rings is 1. The van der Waals surface area contributed by atoms with Crippen molar-refractivity contribution < 1.29 is 14.3 Å². The van der Waals surface area contributed by atoms with Crippen LogP contribution in [0.2, 0.25) is 0 Å². The molecule has 2 aromatic rings. The quantitative estimate of drug-likeness (QED) is 0.645. The highest BCUT2D eigenvalue weighted by atomic mass is 16.5. The lowest BCUT2D eigenvalue weighted by molar-refractivity contribution is 0.0369. The molecule has 1 aliphatic heterocycles. The maximum Gasteiger partial charge on any atom is 0.253 e. The number of ether oxygens (including phenoxy) is 2. The van der Waals surface area contributed by atoms with Crippen LogP contribution in [0.25, 0.3) is 10.9 Å². The molecule has 6 heteroatoms. The average molecular weight is 468 g/mol. The van der Waals surface area contributed by atoms with Gasteiger partial charge in [0.15, 0.2) is 0 Å². The van der Waals surface area contributed by atoms with Gasteiger partial charge in [0.05, 0.1) is 31.4 Å². The number of para-hydroxylation sites is 1. The Balaban J connectivity index is 1.44. The fourth-order valence-electron chi connectivity index (χ4n) is 7.37. The Morgan fingerprint density at radius 2 is 1.97 bits per heavy atom. The van der Waals surface area contributed by atoms with Gasteiger partial charge >= 0.3 is 0 Å². The molecular weight excluding hydrogens is 426 g/mol. The van der Waals surface area contributed by atoms with E-state index < -0.39 is 0 Å². The van der Waals surface area contributed by atoms with E-state index in [1.165, 1.54) is 19.3 Å². The van der Waals surface area contributed by atoms with E-state index >= 15 is 0 Å². The number of hydrogen-bond acceptors (Lipinski definition) is 4. The van der Waals surface area contributed by atoms with Gasteiger partial charge in [-0.2, -0.15) is 0 Å². The first-order valence-corrected chi connectivity index (χ1v) is 13.0. The Labute approximate surface area is 204 Å². The highest BCUT2D eigenvalue weighted by Gasteiger charge is 2.59. The number of benzene rings is 1. The zero-order valence-electron chi connectivity index (χ0n) is 21.6. The van der Waals surface area contributed by atoms with Crippen LogP contribution in [0, 0.1) is 23.7 Å². The predicted octanol–water partition coefficient (Wildman–Crippen LogP) is 4.63. The Morgan fingerprint density at radius 3 is 2.65 bits per heavy atom. The van der Waals surface area contributed by atoms with Gasteiger partial charge < -0.3 is 19.4 Å². The molecule has 34 heavy (non-hydrogen) atoms. The van der Waals surface area contributed by atoms with Gasteiger partial charge in [-0.25, -0.2) is 0 Å². The van der Waals surface area contributed by atoms with Gasteiger partial charge in [0.2, 0.25) is 0 Å². The summed E-state index contributed by atoms with van der Waals surface area (Å²) in [6, 6.07) is 6.28. The summed E-state index contributed by atoms with van der Waals surface area (Å²) in [6.45, 7) is 14.7. The number of nitrogens with one attached hydrogen (secondary N) is 1. The summed E-state index contributed by atoms with van der Waals surface area (Å²) >= 11 is 0. The smallest absolute Gasteiger partial charge is 0.253 e. The summed E-state index contributed by atoms with van der Waals surface area (Å²) in [5.41, 5.74) is 3.21. The third kappa shape index (κ3) is 3.83. The molecule has 2 unspecified atom stereocenters. The monoisotopic (exact) mass is 467 g/mol. The number of methoxy groups -OCH3 is 1. The van der Waals surface area contributed by atoms with Crippen LogP contribution in [-0.2, 0) is 11.3 Å². The lowest BCUT2D eigenvalue weighted by Gasteiger charge is -2.43. The van der Waals surface area contributed by atoms with Crippen molar-refractivity contribution in [1.82, 2.24) is 14.8 Å². The second-order valence-electron chi connectivity index (χ2n) is 11.6. The number of nitrogens with zero attached hydrogens (tertiary/aromatic N) is 2. The highest BCUT2D eigenvalue weighted by Crippen LogP contribution is 2.62. The van der Waals surface area contributed by atoms with E-state index in [1.54, 1.807) is 7.11 Å². The van der Waals surface area contributed by atoms with Crippen LogP contribution in [0.4, 0.5) is 0 Å². The SMILES string of the molecule is COc1cccc2c(C(=O)NC3C4(C)CC[C@@H](C4)C3(C)C)c(C)n(CCCN3CCOCC3)c12. The van der Waals surface area contributed by atoms with Gasteiger partial charge in [-0.15, -0.1) is 0 Å². The van der Waals surface area contributed by atoms with Crippen LogP contribution in [0.5, 0.6) is 5.75 Å². The van der Waals surface area contributed by atoms with E-state index in [0.717, 1.165) is 73.7 Å². The normalized spacial score (nSPS) is 28.5. The first kappa shape index (κ1) is 23.7. The Morgan fingerprint density at radius 1 is 1.21 bits per heavy atom. The lowest BCUT2D eigenvalue weighted by Crippen LogP contribution is -2.52. The molecule has 1 N–H and O–H groups in total. The number of carbonyl (C=O) groups is 1. The molecule has 0 radical (unpaired) electrons. The number of amides is 1. The molecule has 2 heterocycles. The average Bonchev–Trinajstić information content (AvgIpc) is 3.41. The van der Waals surface area contributed by atoms with Crippen molar-refractivity contribution in [3.8, 4) is 5.75 Å². The van der Waals surface area contributed by atoms with Crippen LogP contribution in [0.15, 0.2) is 18.2 Å². The van der Waals surface area contributed by atoms with E-state index in [1.807, 2.05) is 12.1 Å².